The second kappa shape index (κ2) is 6.21. The summed E-state index contributed by atoms with van der Waals surface area (Å²) in [5.41, 5.74) is 0.859. The van der Waals surface area contributed by atoms with E-state index in [0.29, 0.717) is 11.7 Å². The number of aromatic nitrogens is 2. The van der Waals surface area contributed by atoms with Crippen molar-refractivity contribution in [3.05, 3.63) is 11.9 Å². The molecule has 0 aliphatic heterocycles. The number of rotatable bonds is 7. The van der Waals surface area contributed by atoms with Crippen LogP contribution < -0.4 is 4.72 Å². The molecule has 18 heavy (non-hydrogen) atoms. The molecule has 1 aromatic heterocycles. The van der Waals surface area contributed by atoms with Gasteiger partial charge in [0.1, 0.15) is 0 Å². The van der Waals surface area contributed by atoms with Gasteiger partial charge in [-0.1, -0.05) is 11.8 Å². The average Bonchev–Trinajstić information content (AvgIpc) is 2.56. The van der Waals surface area contributed by atoms with Crippen molar-refractivity contribution in [3.8, 4) is 0 Å². The van der Waals surface area contributed by atoms with E-state index in [1.807, 2.05) is 6.92 Å². The van der Waals surface area contributed by atoms with Gasteiger partial charge in [-0.15, -0.1) is 0 Å². The minimum absolute atomic E-state index is 0.0735. The zero-order chi connectivity index (χ0) is 13.8. The summed E-state index contributed by atoms with van der Waals surface area (Å²) in [5, 5.41) is 9.18. The molecule has 1 heterocycles. The maximum Gasteiger partial charge on any atom is 0.313 e. The summed E-state index contributed by atoms with van der Waals surface area (Å²) in [6, 6.07) is 0. The van der Waals surface area contributed by atoms with E-state index in [9.17, 15) is 13.2 Å². The number of aryl methyl sites for hydroxylation is 1. The maximum absolute atomic E-state index is 10.9. The van der Waals surface area contributed by atoms with Crippen molar-refractivity contribution >= 4 is 27.8 Å². The molecule has 9 heteroatoms. The Balaban J connectivity index is 2.63. The van der Waals surface area contributed by atoms with Gasteiger partial charge < -0.3 is 9.67 Å². The minimum Gasteiger partial charge on any atom is -0.481 e. The number of nitrogens with one attached hydrogen (secondary N) is 1. The molecule has 102 valence electrons. The van der Waals surface area contributed by atoms with E-state index < -0.39 is 16.0 Å². The average molecular weight is 293 g/mol. The van der Waals surface area contributed by atoms with Crippen molar-refractivity contribution in [1.82, 2.24) is 14.3 Å². The van der Waals surface area contributed by atoms with Crippen molar-refractivity contribution in [1.29, 1.82) is 0 Å². The van der Waals surface area contributed by atoms with Crippen LogP contribution in [-0.2, 0) is 21.4 Å². The monoisotopic (exact) mass is 293 g/mol. The molecule has 0 aliphatic carbocycles. The number of carbonyl (C=O) groups is 1. The van der Waals surface area contributed by atoms with Crippen LogP contribution in [0.5, 0.6) is 0 Å². The largest absolute Gasteiger partial charge is 0.481 e. The first kappa shape index (κ1) is 15.0. The molecule has 0 spiro atoms. The maximum atomic E-state index is 10.9. The Bertz CT molecular complexity index is 524. The standard InChI is InChI=1S/C9H15N3O4S2/c1-7-5-10-9(17-6-8(13)14)12(7)4-3-11-18(2,15)16/h5,11H,3-4,6H2,1-2H3,(H,13,14). The molecule has 1 rings (SSSR count). The number of hydrogen-bond donors (Lipinski definition) is 2. The van der Waals surface area contributed by atoms with Gasteiger partial charge in [-0.25, -0.2) is 18.1 Å². The molecule has 1 aromatic rings. The van der Waals surface area contributed by atoms with E-state index in [1.165, 1.54) is 0 Å². The third kappa shape index (κ3) is 5.07. The van der Waals surface area contributed by atoms with Crippen molar-refractivity contribution in [2.75, 3.05) is 18.6 Å². The quantitative estimate of drug-likeness (QED) is 0.682. The molecule has 0 unspecified atom stereocenters. The van der Waals surface area contributed by atoms with E-state index in [4.69, 9.17) is 5.11 Å². The molecule has 0 saturated heterocycles. The normalized spacial score (nSPS) is 11.7. The lowest BCUT2D eigenvalue weighted by Crippen LogP contribution is -2.26. The molecule has 0 fully saturated rings. The molecule has 0 saturated carbocycles. The van der Waals surface area contributed by atoms with Crippen molar-refractivity contribution in [2.24, 2.45) is 0 Å². The third-order valence-electron chi connectivity index (χ3n) is 2.04. The summed E-state index contributed by atoms with van der Waals surface area (Å²) in [7, 11) is -3.21. The fraction of sp³-hybridized carbons (Fsp3) is 0.556. The number of aliphatic carboxylic acids is 1. The minimum atomic E-state index is -3.21. The predicted octanol–water partition coefficient (Wildman–Crippen LogP) is -0.0826. The lowest BCUT2D eigenvalue weighted by atomic mass is 10.5. The van der Waals surface area contributed by atoms with E-state index in [-0.39, 0.29) is 12.3 Å². The Morgan fingerprint density at radius 1 is 1.61 bits per heavy atom. The van der Waals surface area contributed by atoms with Gasteiger partial charge in [0.25, 0.3) is 0 Å². The number of imidazole rings is 1. The highest BCUT2D eigenvalue weighted by Gasteiger charge is 2.10. The van der Waals surface area contributed by atoms with Crippen molar-refractivity contribution in [3.63, 3.8) is 0 Å². The van der Waals surface area contributed by atoms with Crippen LogP contribution in [0.25, 0.3) is 0 Å². The molecule has 0 aliphatic rings. The lowest BCUT2D eigenvalue weighted by molar-refractivity contribution is -0.133. The lowest BCUT2D eigenvalue weighted by Gasteiger charge is -2.09. The summed E-state index contributed by atoms with van der Waals surface area (Å²) in [6.45, 7) is 2.50. The summed E-state index contributed by atoms with van der Waals surface area (Å²) in [5.74, 6) is -0.989. The van der Waals surface area contributed by atoms with Gasteiger partial charge in [-0.05, 0) is 6.92 Å². The molecule has 0 amide bonds. The Hall–Kier alpha value is -1.06. The molecule has 7 nitrogen and oxygen atoms in total. The first-order chi connectivity index (χ1) is 8.29. The molecule has 0 bridgehead atoms. The van der Waals surface area contributed by atoms with Crippen molar-refractivity contribution in [2.45, 2.75) is 18.6 Å². The van der Waals surface area contributed by atoms with Crippen LogP contribution in [-0.4, -0.2) is 47.6 Å². The number of sulfonamides is 1. The Labute approximate surface area is 110 Å². The molecule has 0 radical (unpaired) electrons. The summed E-state index contributed by atoms with van der Waals surface area (Å²) in [4.78, 5) is 14.6. The molecular weight excluding hydrogens is 278 g/mol. The highest BCUT2D eigenvalue weighted by Crippen LogP contribution is 2.17. The van der Waals surface area contributed by atoms with Gasteiger partial charge in [0.15, 0.2) is 5.16 Å². The Kier molecular flexibility index (Phi) is 5.17. The zero-order valence-electron chi connectivity index (χ0n) is 10.1. The highest BCUT2D eigenvalue weighted by molar-refractivity contribution is 7.99. The fourth-order valence-electron chi connectivity index (χ4n) is 1.30. The Morgan fingerprint density at radius 3 is 2.83 bits per heavy atom. The van der Waals surface area contributed by atoms with Crippen LogP contribution in [0, 0.1) is 6.92 Å². The van der Waals surface area contributed by atoms with Crippen LogP contribution >= 0.6 is 11.8 Å². The van der Waals surface area contributed by atoms with E-state index >= 15 is 0 Å². The first-order valence-corrected chi connectivity index (χ1v) is 7.98. The fourth-order valence-corrected chi connectivity index (χ4v) is 2.53. The molecule has 0 aromatic carbocycles. The number of carboxylic acid groups (broad SMARTS) is 1. The summed E-state index contributed by atoms with van der Waals surface area (Å²) < 4.78 is 26.0. The van der Waals surface area contributed by atoms with Crippen LogP contribution in [0.4, 0.5) is 0 Å². The van der Waals surface area contributed by atoms with E-state index in [0.717, 1.165) is 23.7 Å². The third-order valence-corrected chi connectivity index (χ3v) is 3.75. The number of thioether (sulfide) groups is 1. The summed E-state index contributed by atoms with van der Waals surface area (Å²) >= 11 is 1.11. The van der Waals surface area contributed by atoms with Crippen LogP contribution in [0.2, 0.25) is 0 Å². The van der Waals surface area contributed by atoms with Crippen LogP contribution in [0.15, 0.2) is 11.4 Å². The van der Waals surface area contributed by atoms with Crippen LogP contribution in [0.3, 0.4) is 0 Å². The molecule has 0 atom stereocenters. The Morgan fingerprint density at radius 2 is 2.28 bits per heavy atom. The SMILES string of the molecule is Cc1cnc(SCC(=O)O)n1CCNS(C)(=O)=O. The van der Waals surface area contributed by atoms with Gasteiger partial charge in [-0.2, -0.15) is 0 Å². The van der Waals surface area contributed by atoms with Gasteiger partial charge in [0, 0.05) is 25.0 Å². The van der Waals surface area contributed by atoms with E-state index in [2.05, 4.69) is 9.71 Å². The first-order valence-electron chi connectivity index (χ1n) is 5.11. The van der Waals surface area contributed by atoms with Crippen LogP contribution in [0.1, 0.15) is 5.69 Å². The smallest absolute Gasteiger partial charge is 0.313 e. The second-order valence-corrected chi connectivity index (χ2v) is 6.46. The number of nitrogens with zero attached hydrogens (tertiary/aromatic N) is 2. The topological polar surface area (TPSA) is 101 Å². The number of hydrogen-bond acceptors (Lipinski definition) is 5. The molecular formula is C9H15N3O4S2. The van der Waals surface area contributed by atoms with Gasteiger partial charge in [-0.3, -0.25) is 4.79 Å². The zero-order valence-corrected chi connectivity index (χ0v) is 11.7. The van der Waals surface area contributed by atoms with E-state index in [1.54, 1.807) is 10.8 Å². The summed E-state index contributed by atoms with van der Waals surface area (Å²) in [6.07, 6.45) is 2.72. The second-order valence-electron chi connectivity index (χ2n) is 3.68. The van der Waals surface area contributed by atoms with Gasteiger partial charge in [0.05, 0.1) is 12.0 Å². The predicted molar refractivity (Wildman–Crippen MR) is 68.2 cm³/mol. The highest BCUT2D eigenvalue weighted by atomic mass is 32.2. The van der Waals surface area contributed by atoms with Crippen molar-refractivity contribution < 1.29 is 18.3 Å². The van der Waals surface area contributed by atoms with Gasteiger partial charge in [0.2, 0.25) is 10.0 Å². The molecule has 2 N–H and O–H groups in total. The van der Waals surface area contributed by atoms with Gasteiger partial charge >= 0.3 is 5.97 Å². The number of carboxylic acids is 1.